The van der Waals surface area contributed by atoms with Crippen LogP contribution in [0.5, 0.6) is 0 Å². The number of likely N-dealkylation sites (tertiary alicyclic amines) is 1. The molecule has 4 nitrogen and oxygen atoms in total. The van der Waals surface area contributed by atoms with E-state index in [-0.39, 0.29) is 11.5 Å². The third kappa shape index (κ3) is 5.78. The molecule has 2 aliphatic rings. The van der Waals surface area contributed by atoms with Crippen molar-refractivity contribution in [1.29, 1.82) is 0 Å². The first-order chi connectivity index (χ1) is 18.7. The Hall–Kier alpha value is -3.09. The van der Waals surface area contributed by atoms with E-state index in [1.807, 2.05) is 0 Å². The third-order valence-corrected chi connectivity index (χ3v) is 8.05. The molecule has 0 N–H and O–H groups in total. The van der Waals surface area contributed by atoms with Crippen molar-refractivity contribution in [2.45, 2.75) is 36.4 Å². The second-order valence-electron chi connectivity index (χ2n) is 10.2. The second kappa shape index (κ2) is 11.2. The van der Waals surface area contributed by atoms with Crippen LogP contribution in [0.15, 0.2) is 77.8 Å². The Morgan fingerprint density at radius 1 is 0.846 bits per heavy atom. The molecule has 0 aromatic heterocycles. The summed E-state index contributed by atoms with van der Waals surface area (Å²) in [6.45, 7) is 3.06. The fraction of sp³-hybridized carbons (Fsp3) is 0.333. The van der Waals surface area contributed by atoms with E-state index in [0.717, 1.165) is 44.5 Å². The van der Waals surface area contributed by atoms with E-state index in [9.17, 15) is 22.4 Å². The van der Waals surface area contributed by atoms with E-state index in [4.69, 9.17) is 0 Å². The fourth-order valence-electron chi connectivity index (χ4n) is 5.51. The topological polar surface area (TPSA) is 35.9 Å². The molecular weight excluding hydrogens is 525 g/mol. The van der Waals surface area contributed by atoms with Crippen LogP contribution in [0.2, 0.25) is 0 Å². The standard InChI is InChI=1S/C30H30F4N3OP/c31-26-10-6-23(7-11-26)29(24-8-12-27(32)13-9-24)28(38)37(20-35-29)17-1-16-36-18-14-22(15-19-36)21-2-4-25(5-3-21)30(33,34)39/h2-13,20,22H,1,14-19,39H2. The first kappa shape index (κ1) is 27.5. The summed E-state index contributed by atoms with van der Waals surface area (Å²) >= 11 is 0. The van der Waals surface area contributed by atoms with Gasteiger partial charge in [0.15, 0.2) is 5.54 Å². The van der Waals surface area contributed by atoms with Crippen molar-refractivity contribution < 1.29 is 22.4 Å². The van der Waals surface area contributed by atoms with Gasteiger partial charge < -0.3 is 9.80 Å². The van der Waals surface area contributed by atoms with E-state index in [1.54, 1.807) is 50.5 Å². The highest BCUT2D eigenvalue weighted by Gasteiger charge is 2.47. The Labute approximate surface area is 227 Å². The number of hydrogen-bond acceptors (Lipinski definition) is 3. The van der Waals surface area contributed by atoms with Crippen LogP contribution in [-0.4, -0.2) is 48.2 Å². The van der Waals surface area contributed by atoms with Crippen LogP contribution in [0, 0.1) is 11.6 Å². The molecule has 1 amide bonds. The number of carbonyl (C=O) groups is 1. The van der Waals surface area contributed by atoms with Crippen LogP contribution in [0.3, 0.4) is 0 Å². The zero-order valence-corrected chi connectivity index (χ0v) is 22.5. The highest BCUT2D eigenvalue weighted by Crippen LogP contribution is 2.39. The summed E-state index contributed by atoms with van der Waals surface area (Å²) < 4.78 is 54.2. The highest BCUT2D eigenvalue weighted by atomic mass is 31.0. The quantitative estimate of drug-likeness (QED) is 0.243. The molecule has 204 valence electrons. The average molecular weight is 556 g/mol. The molecule has 3 aromatic carbocycles. The molecule has 9 heteroatoms. The van der Waals surface area contributed by atoms with Crippen molar-refractivity contribution in [2.75, 3.05) is 26.2 Å². The number of piperidine rings is 1. The van der Waals surface area contributed by atoms with Crippen molar-refractivity contribution in [2.24, 2.45) is 4.99 Å². The largest absolute Gasteiger partial charge is 0.303 e. The summed E-state index contributed by atoms with van der Waals surface area (Å²) in [4.78, 5) is 22.3. The monoisotopic (exact) mass is 555 g/mol. The minimum absolute atomic E-state index is 0.00318. The predicted octanol–water partition coefficient (Wildman–Crippen LogP) is 6.27. The van der Waals surface area contributed by atoms with Crippen molar-refractivity contribution in [3.05, 3.63) is 107 Å². The lowest BCUT2D eigenvalue weighted by molar-refractivity contribution is -0.130. The van der Waals surface area contributed by atoms with Gasteiger partial charge in [-0.1, -0.05) is 57.8 Å². The van der Waals surface area contributed by atoms with E-state index >= 15 is 0 Å². The average Bonchev–Trinajstić information content (AvgIpc) is 3.26. The van der Waals surface area contributed by atoms with Crippen LogP contribution >= 0.6 is 9.24 Å². The number of hydrogen-bond donors (Lipinski definition) is 0. The molecular formula is C30H30F4N3OP. The normalized spacial score (nSPS) is 18.2. The van der Waals surface area contributed by atoms with Gasteiger partial charge in [0.1, 0.15) is 11.6 Å². The van der Waals surface area contributed by atoms with Gasteiger partial charge in [0.05, 0.1) is 6.34 Å². The lowest BCUT2D eigenvalue weighted by atomic mass is 9.82. The number of carbonyl (C=O) groups excluding carboxylic acids is 1. The summed E-state index contributed by atoms with van der Waals surface area (Å²) in [6.07, 6.45) is 4.16. The predicted molar refractivity (Wildman–Crippen MR) is 147 cm³/mol. The molecule has 0 bridgehead atoms. The van der Waals surface area contributed by atoms with Gasteiger partial charge in [-0.3, -0.25) is 4.79 Å². The number of amides is 1. The van der Waals surface area contributed by atoms with E-state index in [0.29, 0.717) is 23.6 Å². The smallest absolute Gasteiger partial charge is 0.283 e. The maximum atomic E-state index is 13.7. The summed E-state index contributed by atoms with van der Waals surface area (Å²) in [7, 11) is 1.57. The zero-order chi connectivity index (χ0) is 27.6. The Morgan fingerprint density at radius 3 is 1.90 bits per heavy atom. The van der Waals surface area contributed by atoms with Gasteiger partial charge in [-0.15, -0.1) is 0 Å². The van der Waals surface area contributed by atoms with E-state index in [1.165, 1.54) is 42.7 Å². The van der Waals surface area contributed by atoms with Crippen molar-refractivity contribution in [3.8, 4) is 0 Å². The minimum atomic E-state index is -2.92. The van der Waals surface area contributed by atoms with Gasteiger partial charge in [0.2, 0.25) is 0 Å². The van der Waals surface area contributed by atoms with Gasteiger partial charge in [0, 0.05) is 12.1 Å². The number of benzene rings is 3. The van der Waals surface area contributed by atoms with Crippen molar-refractivity contribution in [1.82, 2.24) is 9.80 Å². The molecule has 39 heavy (non-hydrogen) atoms. The Bertz CT molecular complexity index is 1270. The SMILES string of the molecule is O=C1N(CCCN2CCC(c3ccc(C(F)(F)P)cc3)CC2)C=NC1(c1ccc(F)cc1)c1ccc(F)cc1. The van der Waals surface area contributed by atoms with Crippen LogP contribution in [-0.2, 0) is 16.0 Å². The molecule has 5 rings (SSSR count). The molecule has 0 saturated carbocycles. The number of halogens is 4. The number of rotatable bonds is 8. The number of alkyl halides is 2. The number of aliphatic imine (C=N–C) groups is 1. The Balaban J connectivity index is 1.18. The van der Waals surface area contributed by atoms with Crippen LogP contribution in [0.4, 0.5) is 17.6 Å². The maximum Gasteiger partial charge on any atom is 0.283 e. The number of nitrogens with zero attached hydrogens (tertiary/aromatic N) is 3. The first-order valence-electron chi connectivity index (χ1n) is 13.0. The minimum Gasteiger partial charge on any atom is -0.303 e. The van der Waals surface area contributed by atoms with Crippen molar-refractivity contribution in [3.63, 3.8) is 0 Å². The molecule has 2 heterocycles. The molecule has 1 fully saturated rings. The summed E-state index contributed by atoms with van der Waals surface area (Å²) in [6, 6.07) is 18.0. The van der Waals surface area contributed by atoms with Crippen LogP contribution < -0.4 is 0 Å². The second-order valence-corrected chi connectivity index (χ2v) is 10.9. The summed E-state index contributed by atoms with van der Waals surface area (Å²) in [5.74, 6) is -0.741. The molecule has 0 spiro atoms. The molecule has 1 atom stereocenters. The van der Waals surface area contributed by atoms with Gasteiger partial charge in [-0.25, -0.2) is 13.8 Å². The molecule has 0 radical (unpaired) electrons. The van der Waals surface area contributed by atoms with Crippen molar-refractivity contribution >= 4 is 21.5 Å². The molecule has 3 aromatic rings. The zero-order valence-electron chi connectivity index (χ0n) is 21.4. The molecule has 1 unspecified atom stereocenters. The van der Waals surface area contributed by atoms with Gasteiger partial charge in [0.25, 0.3) is 11.6 Å². The lowest BCUT2D eigenvalue weighted by Crippen LogP contribution is -2.41. The van der Waals surface area contributed by atoms with Gasteiger partial charge >= 0.3 is 0 Å². The molecule has 1 saturated heterocycles. The van der Waals surface area contributed by atoms with Crippen LogP contribution in [0.25, 0.3) is 0 Å². The molecule has 0 aliphatic carbocycles. The summed E-state index contributed by atoms with van der Waals surface area (Å²) in [5.41, 5.74) is -2.16. The van der Waals surface area contributed by atoms with Crippen LogP contribution in [0.1, 0.15) is 47.4 Å². The Morgan fingerprint density at radius 2 is 1.38 bits per heavy atom. The maximum absolute atomic E-state index is 13.7. The Kier molecular flexibility index (Phi) is 7.88. The first-order valence-corrected chi connectivity index (χ1v) is 13.6. The van der Waals surface area contributed by atoms with E-state index in [2.05, 4.69) is 9.89 Å². The third-order valence-electron chi connectivity index (χ3n) is 7.71. The summed E-state index contributed by atoms with van der Waals surface area (Å²) in [5, 5.41) is 0. The van der Waals surface area contributed by atoms with Gasteiger partial charge in [-0.2, -0.15) is 8.78 Å². The molecule has 2 aliphatic heterocycles. The lowest BCUT2D eigenvalue weighted by Gasteiger charge is -2.32. The van der Waals surface area contributed by atoms with Gasteiger partial charge in [-0.05, 0) is 85.8 Å². The van der Waals surface area contributed by atoms with E-state index < -0.39 is 22.8 Å². The fourth-order valence-corrected chi connectivity index (χ4v) is 5.70. The highest BCUT2D eigenvalue weighted by molar-refractivity contribution is 7.17.